The fourth-order valence-corrected chi connectivity index (χ4v) is 1.39. The molecule has 0 unspecified atom stereocenters. The minimum atomic E-state index is -1.06. The van der Waals surface area contributed by atoms with Crippen LogP contribution in [0.4, 0.5) is 0 Å². The maximum atomic E-state index is 10.7. The molecule has 0 aromatic carbocycles. The fourth-order valence-electron chi connectivity index (χ4n) is 1.39. The number of aromatic nitrogens is 3. The molecule has 0 spiro atoms. The molecule has 0 amide bonds. The van der Waals surface area contributed by atoms with E-state index >= 15 is 0 Å². The summed E-state index contributed by atoms with van der Waals surface area (Å²) in [7, 11) is 0. The highest BCUT2D eigenvalue weighted by atomic mass is 16.4. The first-order chi connectivity index (χ1) is 6.72. The number of aromatic carboxylic acids is 1. The summed E-state index contributed by atoms with van der Waals surface area (Å²) in [5, 5.41) is 16.2. The van der Waals surface area contributed by atoms with Crippen LogP contribution in [0.1, 0.15) is 29.0 Å². The van der Waals surface area contributed by atoms with Crippen LogP contribution in [0.15, 0.2) is 0 Å². The van der Waals surface area contributed by atoms with Crippen LogP contribution >= 0.6 is 0 Å². The van der Waals surface area contributed by atoms with Crippen molar-refractivity contribution < 1.29 is 9.90 Å². The second-order valence-electron chi connectivity index (χ2n) is 3.52. The molecule has 1 aliphatic carbocycles. The normalized spacial score (nSPS) is 15.8. The Kier molecular flexibility index (Phi) is 2.20. The van der Waals surface area contributed by atoms with Crippen molar-refractivity contribution >= 4 is 5.97 Å². The van der Waals surface area contributed by atoms with Crippen molar-refractivity contribution in [2.45, 2.75) is 25.9 Å². The molecule has 0 bridgehead atoms. The van der Waals surface area contributed by atoms with Crippen LogP contribution in [0.3, 0.4) is 0 Å². The van der Waals surface area contributed by atoms with Gasteiger partial charge in [0.15, 0.2) is 5.69 Å². The largest absolute Gasteiger partial charge is 0.476 e. The Morgan fingerprint density at radius 2 is 2.36 bits per heavy atom. The quantitative estimate of drug-likeness (QED) is 0.698. The van der Waals surface area contributed by atoms with E-state index in [1.54, 1.807) is 4.68 Å². The third kappa shape index (κ3) is 1.60. The summed E-state index contributed by atoms with van der Waals surface area (Å²) in [4.78, 5) is 10.7. The SMILES string of the molecule is NCc1c(C(=O)O)nnn1CC1CC1. The molecule has 6 nitrogen and oxygen atoms in total. The van der Waals surface area contributed by atoms with E-state index in [0.29, 0.717) is 11.6 Å². The average molecular weight is 196 g/mol. The molecule has 0 saturated heterocycles. The highest BCUT2D eigenvalue weighted by Gasteiger charge is 2.25. The highest BCUT2D eigenvalue weighted by molar-refractivity contribution is 5.86. The Hall–Kier alpha value is -1.43. The van der Waals surface area contributed by atoms with Crippen LogP contribution in [-0.4, -0.2) is 26.1 Å². The lowest BCUT2D eigenvalue weighted by molar-refractivity contribution is 0.0689. The number of nitrogens with two attached hydrogens (primary N) is 1. The second-order valence-corrected chi connectivity index (χ2v) is 3.52. The maximum Gasteiger partial charge on any atom is 0.358 e. The first-order valence-electron chi connectivity index (χ1n) is 4.58. The topological polar surface area (TPSA) is 94.0 Å². The molecular weight excluding hydrogens is 184 g/mol. The molecule has 3 N–H and O–H groups in total. The van der Waals surface area contributed by atoms with E-state index in [1.165, 1.54) is 12.8 Å². The summed E-state index contributed by atoms with van der Waals surface area (Å²) in [6, 6.07) is 0. The number of rotatable bonds is 4. The van der Waals surface area contributed by atoms with Crippen molar-refractivity contribution in [3.05, 3.63) is 11.4 Å². The number of carbonyl (C=O) groups is 1. The van der Waals surface area contributed by atoms with Crippen molar-refractivity contribution in [2.75, 3.05) is 0 Å². The Balaban J connectivity index is 2.25. The molecule has 0 radical (unpaired) electrons. The Morgan fingerprint density at radius 3 is 2.86 bits per heavy atom. The van der Waals surface area contributed by atoms with Gasteiger partial charge < -0.3 is 10.8 Å². The van der Waals surface area contributed by atoms with Crippen LogP contribution in [0, 0.1) is 5.92 Å². The first kappa shape index (κ1) is 9.14. The number of nitrogens with zero attached hydrogens (tertiary/aromatic N) is 3. The molecular formula is C8H12N4O2. The zero-order chi connectivity index (χ0) is 10.1. The first-order valence-corrected chi connectivity index (χ1v) is 4.58. The highest BCUT2D eigenvalue weighted by Crippen LogP contribution is 2.30. The van der Waals surface area contributed by atoms with Crippen LogP contribution in [0.2, 0.25) is 0 Å². The van der Waals surface area contributed by atoms with Gasteiger partial charge in [0.25, 0.3) is 0 Å². The van der Waals surface area contributed by atoms with Crippen LogP contribution in [0.5, 0.6) is 0 Å². The molecule has 1 fully saturated rings. The molecule has 0 atom stereocenters. The number of carboxylic acids is 1. The van der Waals surface area contributed by atoms with Crippen LogP contribution in [0.25, 0.3) is 0 Å². The molecule has 1 aromatic rings. The van der Waals surface area contributed by atoms with Gasteiger partial charge in [-0.05, 0) is 18.8 Å². The van der Waals surface area contributed by atoms with Gasteiger partial charge in [-0.15, -0.1) is 5.10 Å². The number of hydrogen-bond acceptors (Lipinski definition) is 4. The maximum absolute atomic E-state index is 10.7. The van der Waals surface area contributed by atoms with E-state index in [4.69, 9.17) is 10.8 Å². The summed E-state index contributed by atoms with van der Waals surface area (Å²) in [5.41, 5.74) is 5.96. The summed E-state index contributed by atoms with van der Waals surface area (Å²) in [6.45, 7) is 0.911. The minimum Gasteiger partial charge on any atom is -0.476 e. The van der Waals surface area contributed by atoms with Gasteiger partial charge in [-0.25, -0.2) is 9.48 Å². The van der Waals surface area contributed by atoms with E-state index in [1.807, 2.05) is 0 Å². The van der Waals surface area contributed by atoms with E-state index in [9.17, 15) is 4.79 Å². The van der Waals surface area contributed by atoms with E-state index < -0.39 is 5.97 Å². The average Bonchev–Trinajstić information content (AvgIpc) is 2.83. The Labute approximate surface area is 80.7 Å². The third-order valence-electron chi connectivity index (χ3n) is 2.36. The Morgan fingerprint density at radius 1 is 1.64 bits per heavy atom. The lowest BCUT2D eigenvalue weighted by Crippen LogP contribution is -2.13. The molecule has 6 heteroatoms. The smallest absolute Gasteiger partial charge is 0.358 e. The van der Waals surface area contributed by atoms with Crippen molar-refractivity contribution in [1.29, 1.82) is 0 Å². The van der Waals surface area contributed by atoms with Gasteiger partial charge in [-0.3, -0.25) is 0 Å². The van der Waals surface area contributed by atoms with E-state index in [2.05, 4.69) is 10.3 Å². The molecule has 1 heterocycles. The predicted octanol–water partition coefficient (Wildman–Crippen LogP) is -0.155. The van der Waals surface area contributed by atoms with Crippen LogP contribution in [-0.2, 0) is 13.1 Å². The van der Waals surface area contributed by atoms with Gasteiger partial charge in [-0.1, -0.05) is 5.21 Å². The summed E-state index contributed by atoms with van der Waals surface area (Å²) >= 11 is 0. The standard InChI is InChI=1S/C8H12N4O2/c9-3-6-7(8(13)14)10-11-12(6)4-5-1-2-5/h5H,1-4,9H2,(H,13,14). The molecule has 0 aliphatic heterocycles. The third-order valence-corrected chi connectivity index (χ3v) is 2.36. The van der Waals surface area contributed by atoms with Crippen molar-refractivity contribution in [3.8, 4) is 0 Å². The monoisotopic (exact) mass is 196 g/mol. The minimum absolute atomic E-state index is 0.0202. The lowest BCUT2D eigenvalue weighted by Gasteiger charge is -2.02. The zero-order valence-corrected chi connectivity index (χ0v) is 7.68. The fraction of sp³-hybridized carbons (Fsp3) is 0.625. The summed E-state index contributed by atoms with van der Waals surface area (Å²) in [5.74, 6) is -0.434. The van der Waals surface area contributed by atoms with Crippen molar-refractivity contribution in [1.82, 2.24) is 15.0 Å². The molecule has 1 saturated carbocycles. The number of carboxylic acid groups (broad SMARTS) is 1. The second kappa shape index (κ2) is 3.38. The predicted molar refractivity (Wildman–Crippen MR) is 47.6 cm³/mol. The van der Waals surface area contributed by atoms with Crippen molar-refractivity contribution in [3.63, 3.8) is 0 Å². The van der Waals surface area contributed by atoms with Gasteiger partial charge in [0, 0.05) is 13.1 Å². The number of hydrogen-bond donors (Lipinski definition) is 2. The van der Waals surface area contributed by atoms with Gasteiger partial charge in [0.1, 0.15) is 0 Å². The summed E-state index contributed by atoms with van der Waals surface area (Å²) in [6.07, 6.45) is 2.37. The van der Waals surface area contributed by atoms with Gasteiger partial charge in [-0.2, -0.15) is 0 Å². The molecule has 2 rings (SSSR count). The summed E-state index contributed by atoms with van der Waals surface area (Å²) < 4.78 is 1.61. The van der Waals surface area contributed by atoms with E-state index in [-0.39, 0.29) is 12.2 Å². The molecule has 76 valence electrons. The lowest BCUT2D eigenvalue weighted by atomic mass is 10.3. The molecule has 1 aromatic heterocycles. The zero-order valence-electron chi connectivity index (χ0n) is 7.68. The van der Waals surface area contributed by atoms with E-state index in [0.717, 1.165) is 6.54 Å². The van der Waals surface area contributed by atoms with Crippen molar-refractivity contribution in [2.24, 2.45) is 11.7 Å². The Bertz CT molecular complexity index is 356. The van der Waals surface area contributed by atoms with Gasteiger partial charge in [0.05, 0.1) is 5.69 Å². The molecule has 14 heavy (non-hydrogen) atoms. The van der Waals surface area contributed by atoms with Gasteiger partial charge >= 0.3 is 5.97 Å². The van der Waals surface area contributed by atoms with Crippen LogP contribution < -0.4 is 5.73 Å². The van der Waals surface area contributed by atoms with Gasteiger partial charge in [0.2, 0.25) is 0 Å². The molecule has 1 aliphatic rings.